The number of anilines is 1. The predicted molar refractivity (Wildman–Crippen MR) is 115 cm³/mol. The molecule has 0 saturated carbocycles. The molecule has 0 bridgehead atoms. The van der Waals surface area contributed by atoms with Crippen LogP contribution in [0, 0.1) is 18.3 Å². The molecule has 0 atom stereocenters. The second-order valence-electron chi connectivity index (χ2n) is 7.70. The van der Waals surface area contributed by atoms with Crippen molar-refractivity contribution in [3.8, 4) is 17.7 Å². The Morgan fingerprint density at radius 1 is 1.19 bits per heavy atom. The number of hydrogen-bond acceptors (Lipinski definition) is 7. The fourth-order valence-electron chi connectivity index (χ4n) is 3.66. The molecule has 0 aliphatic carbocycles. The van der Waals surface area contributed by atoms with Crippen molar-refractivity contribution in [2.24, 2.45) is 0 Å². The average Bonchev–Trinajstić information content (AvgIpc) is 3.45. The number of furan rings is 1. The third kappa shape index (κ3) is 4.62. The highest BCUT2D eigenvalue weighted by molar-refractivity contribution is 5.78. The highest BCUT2D eigenvalue weighted by Gasteiger charge is 2.26. The van der Waals surface area contributed by atoms with E-state index in [0.29, 0.717) is 56.8 Å². The highest BCUT2D eigenvalue weighted by Crippen LogP contribution is 2.29. The fourth-order valence-corrected chi connectivity index (χ4v) is 3.66. The summed E-state index contributed by atoms with van der Waals surface area (Å²) in [6.07, 6.45) is 1.54. The summed E-state index contributed by atoms with van der Waals surface area (Å²) in [6, 6.07) is 13.7. The van der Waals surface area contributed by atoms with E-state index in [1.807, 2.05) is 24.1 Å². The topological polar surface area (TPSA) is 89.8 Å². The second-order valence-corrected chi connectivity index (χ2v) is 7.70. The van der Waals surface area contributed by atoms with Gasteiger partial charge in [0.15, 0.2) is 5.76 Å². The Kier molecular flexibility index (Phi) is 6.05. The normalized spacial score (nSPS) is 14.4. The molecule has 31 heavy (non-hydrogen) atoms. The third-order valence-electron chi connectivity index (χ3n) is 5.56. The van der Waals surface area contributed by atoms with E-state index in [9.17, 15) is 10.1 Å². The fraction of sp³-hybridized carbons (Fsp3) is 0.348. The molecule has 1 saturated heterocycles. The molecule has 0 radical (unpaired) electrons. The number of rotatable bonds is 6. The maximum absolute atomic E-state index is 12.7. The van der Waals surface area contributed by atoms with Gasteiger partial charge in [-0.25, -0.2) is 0 Å². The molecule has 0 unspecified atom stereocenters. The minimum absolute atomic E-state index is 0.0918. The van der Waals surface area contributed by atoms with Crippen molar-refractivity contribution in [2.45, 2.75) is 13.5 Å². The van der Waals surface area contributed by atoms with Crippen LogP contribution in [0.5, 0.6) is 0 Å². The van der Waals surface area contributed by atoms with Gasteiger partial charge in [0, 0.05) is 39.8 Å². The summed E-state index contributed by atoms with van der Waals surface area (Å²) in [5.74, 6) is 1.33. The Morgan fingerprint density at radius 2 is 1.97 bits per heavy atom. The standard InChI is InChI=1S/C23H25N5O3/c1-17-6-3-4-7-18(17)15-26(2)21(29)16-27-9-11-28(12-10-27)23-19(14-24)25-22(31-23)20-8-5-13-30-20/h3-8,13H,9-12,15-16H2,1-2H3. The summed E-state index contributed by atoms with van der Waals surface area (Å²) in [5, 5.41) is 9.44. The number of amides is 1. The number of benzene rings is 1. The molecule has 0 N–H and O–H groups in total. The minimum atomic E-state index is 0.0918. The first kappa shape index (κ1) is 20.7. The van der Waals surface area contributed by atoms with Gasteiger partial charge in [0.25, 0.3) is 5.89 Å². The molecule has 1 fully saturated rings. The van der Waals surface area contributed by atoms with Gasteiger partial charge in [-0.05, 0) is 30.2 Å². The van der Waals surface area contributed by atoms with Crippen molar-refractivity contribution < 1.29 is 13.6 Å². The lowest BCUT2D eigenvalue weighted by Crippen LogP contribution is -2.49. The summed E-state index contributed by atoms with van der Waals surface area (Å²) in [7, 11) is 1.84. The van der Waals surface area contributed by atoms with Crippen molar-refractivity contribution in [3.63, 3.8) is 0 Å². The Bertz CT molecular complexity index is 1080. The first-order valence-corrected chi connectivity index (χ1v) is 10.3. The molecule has 3 aromatic rings. The first-order valence-electron chi connectivity index (χ1n) is 10.3. The summed E-state index contributed by atoms with van der Waals surface area (Å²) >= 11 is 0. The Hall–Kier alpha value is -3.57. The number of hydrogen-bond donors (Lipinski definition) is 0. The van der Waals surface area contributed by atoms with Crippen LogP contribution in [0.1, 0.15) is 16.8 Å². The van der Waals surface area contributed by atoms with Crippen LogP contribution in [0.3, 0.4) is 0 Å². The number of nitriles is 1. The Balaban J connectivity index is 1.33. The monoisotopic (exact) mass is 419 g/mol. The largest absolute Gasteiger partial charge is 0.459 e. The number of aromatic nitrogens is 1. The van der Waals surface area contributed by atoms with Crippen LogP contribution in [-0.4, -0.2) is 60.5 Å². The lowest BCUT2D eigenvalue weighted by molar-refractivity contribution is -0.131. The maximum Gasteiger partial charge on any atom is 0.266 e. The summed E-state index contributed by atoms with van der Waals surface area (Å²) in [6.45, 7) is 5.73. The van der Waals surface area contributed by atoms with Gasteiger partial charge in [0.1, 0.15) is 6.07 Å². The molecule has 3 heterocycles. The van der Waals surface area contributed by atoms with Crippen LogP contribution in [0.25, 0.3) is 11.7 Å². The van der Waals surface area contributed by atoms with Crippen LogP contribution in [0.2, 0.25) is 0 Å². The van der Waals surface area contributed by atoms with Gasteiger partial charge >= 0.3 is 0 Å². The van der Waals surface area contributed by atoms with Crippen LogP contribution >= 0.6 is 0 Å². The number of nitrogens with zero attached hydrogens (tertiary/aromatic N) is 5. The van der Waals surface area contributed by atoms with Crippen molar-refractivity contribution in [1.82, 2.24) is 14.8 Å². The average molecular weight is 419 g/mol. The van der Waals surface area contributed by atoms with Gasteiger partial charge in [-0.1, -0.05) is 24.3 Å². The van der Waals surface area contributed by atoms with Gasteiger partial charge in [0.05, 0.1) is 12.8 Å². The SMILES string of the molecule is Cc1ccccc1CN(C)C(=O)CN1CCN(c2oc(-c3ccco3)nc2C#N)CC1. The zero-order chi connectivity index (χ0) is 21.8. The Labute approximate surface area is 181 Å². The first-order chi connectivity index (χ1) is 15.0. The van der Waals surface area contributed by atoms with E-state index in [4.69, 9.17) is 8.83 Å². The van der Waals surface area contributed by atoms with Crippen LogP contribution < -0.4 is 4.90 Å². The maximum atomic E-state index is 12.7. The van der Waals surface area contributed by atoms with Gasteiger partial charge in [-0.15, -0.1) is 0 Å². The van der Waals surface area contributed by atoms with Gasteiger partial charge in [-0.3, -0.25) is 9.69 Å². The van der Waals surface area contributed by atoms with Crippen molar-refractivity contribution in [1.29, 1.82) is 5.26 Å². The van der Waals surface area contributed by atoms with E-state index >= 15 is 0 Å². The van der Waals surface area contributed by atoms with Crippen molar-refractivity contribution in [3.05, 3.63) is 59.5 Å². The van der Waals surface area contributed by atoms with E-state index in [0.717, 1.165) is 5.56 Å². The molecule has 160 valence electrons. The lowest BCUT2D eigenvalue weighted by Gasteiger charge is -2.34. The predicted octanol–water partition coefficient (Wildman–Crippen LogP) is 2.90. The van der Waals surface area contributed by atoms with Crippen molar-refractivity contribution in [2.75, 3.05) is 44.7 Å². The molecule has 2 aromatic heterocycles. The van der Waals surface area contributed by atoms with Gasteiger partial charge in [-0.2, -0.15) is 10.2 Å². The molecule has 1 aliphatic rings. The summed E-state index contributed by atoms with van der Waals surface area (Å²) in [5.41, 5.74) is 2.59. The molecular weight excluding hydrogens is 394 g/mol. The highest BCUT2D eigenvalue weighted by atomic mass is 16.4. The van der Waals surface area contributed by atoms with Gasteiger partial charge in [0.2, 0.25) is 17.5 Å². The number of likely N-dealkylation sites (N-methyl/N-ethyl adjacent to an activating group) is 1. The molecule has 1 amide bonds. The van der Waals surface area contributed by atoms with Crippen LogP contribution in [0.4, 0.5) is 5.88 Å². The molecule has 1 aromatic carbocycles. The number of piperazine rings is 1. The van der Waals surface area contributed by atoms with E-state index in [1.54, 1.807) is 17.0 Å². The summed E-state index contributed by atoms with van der Waals surface area (Å²) in [4.78, 5) is 22.8. The quantitative estimate of drug-likeness (QED) is 0.607. The molecule has 0 spiro atoms. The molecular formula is C23H25N5O3. The smallest absolute Gasteiger partial charge is 0.266 e. The minimum Gasteiger partial charge on any atom is -0.459 e. The number of oxazole rings is 1. The zero-order valence-corrected chi connectivity index (χ0v) is 17.7. The van der Waals surface area contributed by atoms with Crippen LogP contribution in [-0.2, 0) is 11.3 Å². The van der Waals surface area contributed by atoms with E-state index < -0.39 is 0 Å². The molecule has 8 heteroatoms. The second kappa shape index (κ2) is 9.06. The third-order valence-corrected chi connectivity index (χ3v) is 5.56. The van der Waals surface area contributed by atoms with Crippen LogP contribution in [0.15, 0.2) is 51.5 Å². The number of carbonyl (C=O) groups excluding carboxylic acids is 1. The van der Waals surface area contributed by atoms with Crippen molar-refractivity contribution >= 4 is 11.8 Å². The zero-order valence-electron chi connectivity index (χ0n) is 17.7. The van der Waals surface area contributed by atoms with E-state index in [-0.39, 0.29) is 11.6 Å². The number of carbonyl (C=O) groups is 1. The molecule has 8 nitrogen and oxygen atoms in total. The van der Waals surface area contributed by atoms with E-state index in [2.05, 4.69) is 35.0 Å². The lowest BCUT2D eigenvalue weighted by atomic mass is 10.1. The van der Waals surface area contributed by atoms with E-state index in [1.165, 1.54) is 11.8 Å². The molecule has 1 aliphatic heterocycles. The Morgan fingerprint density at radius 3 is 2.65 bits per heavy atom. The number of aryl methyl sites for hydroxylation is 1. The summed E-state index contributed by atoms with van der Waals surface area (Å²) < 4.78 is 11.1. The van der Waals surface area contributed by atoms with Gasteiger partial charge < -0.3 is 18.6 Å². The molecule has 4 rings (SSSR count).